The lowest BCUT2D eigenvalue weighted by atomic mass is 9.97. The van der Waals surface area contributed by atoms with E-state index in [1.54, 1.807) is 13.2 Å². The molecule has 8 heteroatoms. The van der Waals surface area contributed by atoms with Crippen LogP contribution in [-0.4, -0.2) is 52.9 Å². The van der Waals surface area contributed by atoms with Crippen LogP contribution in [0.5, 0.6) is 5.75 Å². The number of carbonyl (C=O) groups is 2. The lowest BCUT2D eigenvalue weighted by Crippen LogP contribution is -2.38. The molecule has 6 rings (SSSR count). The van der Waals surface area contributed by atoms with Crippen LogP contribution in [0.1, 0.15) is 55.9 Å². The fourth-order valence-electron chi connectivity index (χ4n) is 5.41. The zero-order valence-electron chi connectivity index (χ0n) is 20.6. The Kier molecular flexibility index (Phi) is 6.34. The van der Waals surface area contributed by atoms with Gasteiger partial charge in [-0.1, -0.05) is 36.4 Å². The second-order valence-electron chi connectivity index (χ2n) is 9.71. The standard InChI is InChI=1S/C29H28N4O3S/c1-36-26-16-24(31-23-9-5-4-8-22(23)26)29(35)33-12-10-18(11-13-33)28-32-25(17-37-28)27(34)30-21-14-19-6-2-3-7-20(19)15-21/h2-9,16-18,21H,10-15H2,1H3,(H,30,34). The molecule has 188 valence electrons. The van der Waals surface area contributed by atoms with Gasteiger partial charge >= 0.3 is 0 Å². The van der Waals surface area contributed by atoms with Crippen LogP contribution in [0.25, 0.3) is 10.9 Å². The van der Waals surface area contributed by atoms with Crippen LogP contribution in [0.15, 0.2) is 60.0 Å². The van der Waals surface area contributed by atoms with E-state index in [1.807, 2.05) is 46.7 Å². The number of ether oxygens (including phenoxy) is 1. The molecule has 7 nitrogen and oxygen atoms in total. The van der Waals surface area contributed by atoms with Gasteiger partial charge in [-0.3, -0.25) is 9.59 Å². The number of thiazole rings is 1. The van der Waals surface area contributed by atoms with Gasteiger partial charge in [0.1, 0.15) is 17.1 Å². The number of methoxy groups -OCH3 is 1. The number of nitrogens with zero attached hydrogens (tertiary/aromatic N) is 3. The molecule has 0 spiro atoms. The monoisotopic (exact) mass is 512 g/mol. The third kappa shape index (κ3) is 4.69. The van der Waals surface area contributed by atoms with Crippen molar-refractivity contribution in [3.63, 3.8) is 0 Å². The van der Waals surface area contributed by atoms with E-state index in [2.05, 4.69) is 27.4 Å². The molecule has 3 heterocycles. The van der Waals surface area contributed by atoms with Crippen molar-refractivity contribution in [3.8, 4) is 5.75 Å². The molecular formula is C29H28N4O3S. The van der Waals surface area contributed by atoms with Gasteiger partial charge < -0.3 is 15.0 Å². The number of pyridine rings is 1. The molecule has 0 atom stereocenters. The number of piperidine rings is 1. The molecule has 1 saturated heterocycles. The first-order valence-electron chi connectivity index (χ1n) is 12.6. The molecule has 4 aromatic rings. The highest BCUT2D eigenvalue weighted by molar-refractivity contribution is 7.09. The maximum Gasteiger partial charge on any atom is 0.272 e. The maximum absolute atomic E-state index is 13.2. The minimum Gasteiger partial charge on any atom is -0.496 e. The number of benzene rings is 2. The quantitative estimate of drug-likeness (QED) is 0.422. The van der Waals surface area contributed by atoms with E-state index < -0.39 is 0 Å². The third-order valence-corrected chi connectivity index (χ3v) is 8.40. The second-order valence-corrected chi connectivity index (χ2v) is 10.6. The number of amides is 2. The molecule has 0 saturated carbocycles. The summed E-state index contributed by atoms with van der Waals surface area (Å²) in [6.45, 7) is 1.25. The van der Waals surface area contributed by atoms with Crippen molar-refractivity contribution in [1.29, 1.82) is 0 Å². The molecule has 1 aliphatic carbocycles. The highest BCUT2D eigenvalue weighted by Gasteiger charge is 2.29. The number of para-hydroxylation sites is 1. The predicted octanol–water partition coefficient (Wildman–Crippen LogP) is 4.62. The smallest absolute Gasteiger partial charge is 0.272 e. The normalized spacial score (nSPS) is 16.1. The summed E-state index contributed by atoms with van der Waals surface area (Å²) in [5.74, 6) is 0.702. The van der Waals surface area contributed by atoms with Crippen LogP contribution in [0, 0.1) is 0 Å². The summed E-state index contributed by atoms with van der Waals surface area (Å²) in [5.41, 5.74) is 4.25. The predicted molar refractivity (Wildman–Crippen MR) is 143 cm³/mol. The van der Waals surface area contributed by atoms with Crippen molar-refractivity contribution >= 4 is 34.1 Å². The maximum atomic E-state index is 13.2. The summed E-state index contributed by atoms with van der Waals surface area (Å²) in [6, 6.07) is 17.9. The van der Waals surface area contributed by atoms with Crippen molar-refractivity contribution in [3.05, 3.63) is 87.5 Å². The van der Waals surface area contributed by atoms with Gasteiger partial charge in [0, 0.05) is 41.9 Å². The number of rotatable bonds is 5. The lowest BCUT2D eigenvalue weighted by Gasteiger charge is -2.31. The summed E-state index contributed by atoms with van der Waals surface area (Å²) in [5, 5.41) is 6.87. The Morgan fingerprint density at radius 2 is 1.68 bits per heavy atom. The summed E-state index contributed by atoms with van der Waals surface area (Å²) in [7, 11) is 1.61. The number of likely N-dealkylation sites (tertiary alicyclic amines) is 1. The molecule has 2 aliphatic rings. The number of fused-ring (bicyclic) bond motifs is 2. The minimum absolute atomic E-state index is 0.0840. The van der Waals surface area contributed by atoms with E-state index in [-0.39, 0.29) is 23.8 Å². The molecule has 0 bridgehead atoms. The van der Waals surface area contributed by atoms with E-state index in [0.29, 0.717) is 30.2 Å². The molecule has 37 heavy (non-hydrogen) atoms. The van der Waals surface area contributed by atoms with Gasteiger partial charge in [0.05, 0.1) is 17.6 Å². The Morgan fingerprint density at radius 3 is 2.41 bits per heavy atom. The Hall–Kier alpha value is -3.78. The van der Waals surface area contributed by atoms with Gasteiger partial charge in [0.2, 0.25) is 0 Å². The fraction of sp³-hybridized carbons (Fsp3) is 0.310. The van der Waals surface area contributed by atoms with Crippen LogP contribution in [-0.2, 0) is 12.8 Å². The van der Waals surface area contributed by atoms with Crippen molar-refractivity contribution in [2.45, 2.75) is 37.6 Å². The molecule has 2 aromatic heterocycles. The summed E-state index contributed by atoms with van der Waals surface area (Å²) >= 11 is 1.54. The summed E-state index contributed by atoms with van der Waals surface area (Å²) < 4.78 is 5.51. The molecule has 0 unspecified atom stereocenters. The number of carbonyl (C=O) groups excluding carboxylic acids is 2. The van der Waals surface area contributed by atoms with Gasteiger partial charge in [-0.2, -0.15) is 0 Å². The zero-order valence-corrected chi connectivity index (χ0v) is 21.5. The molecule has 2 amide bonds. The van der Waals surface area contributed by atoms with E-state index in [9.17, 15) is 9.59 Å². The van der Waals surface area contributed by atoms with Gasteiger partial charge in [-0.25, -0.2) is 9.97 Å². The average molecular weight is 513 g/mol. The van der Waals surface area contributed by atoms with E-state index in [0.717, 1.165) is 41.6 Å². The van der Waals surface area contributed by atoms with Crippen LogP contribution >= 0.6 is 11.3 Å². The first kappa shape index (κ1) is 23.6. The van der Waals surface area contributed by atoms with Gasteiger partial charge in [0.15, 0.2) is 0 Å². The third-order valence-electron chi connectivity index (χ3n) is 7.39. The van der Waals surface area contributed by atoms with Crippen LogP contribution in [0.4, 0.5) is 0 Å². The van der Waals surface area contributed by atoms with Crippen LogP contribution < -0.4 is 10.1 Å². The van der Waals surface area contributed by atoms with Gasteiger partial charge in [0.25, 0.3) is 11.8 Å². The van der Waals surface area contributed by atoms with E-state index in [4.69, 9.17) is 4.74 Å². The highest BCUT2D eigenvalue weighted by Crippen LogP contribution is 2.32. The molecule has 1 N–H and O–H groups in total. The van der Waals surface area contributed by atoms with E-state index in [1.165, 1.54) is 22.5 Å². The van der Waals surface area contributed by atoms with Crippen molar-refractivity contribution < 1.29 is 14.3 Å². The Morgan fingerprint density at radius 1 is 0.973 bits per heavy atom. The Labute approximate surface area is 219 Å². The fourth-order valence-corrected chi connectivity index (χ4v) is 6.38. The summed E-state index contributed by atoms with van der Waals surface area (Å²) in [6.07, 6.45) is 3.35. The van der Waals surface area contributed by atoms with Crippen LogP contribution in [0.3, 0.4) is 0 Å². The van der Waals surface area contributed by atoms with Gasteiger partial charge in [-0.05, 0) is 48.9 Å². The minimum atomic E-state index is -0.107. The molecule has 1 fully saturated rings. The Bertz CT molecular complexity index is 1450. The largest absolute Gasteiger partial charge is 0.496 e. The summed E-state index contributed by atoms with van der Waals surface area (Å²) in [4.78, 5) is 37.2. The number of hydrogen-bond acceptors (Lipinski definition) is 6. The topological polar surface area (TPSA) is 84.4 Å². The average Bonchev–Trinajstić information content (AvgIpc) is 3.59. The zero-order chi connectivity index (χ0) is 25.4. The molecule has 1 aliphatic heterocycles. The van der Waals surface area contributed by atoms with Crippen molar-refractivity contribution in [1.82, 2.24) is 20.2 Å². The highest BCUT2D eigenvalue weighted by atomic mass is 32.1. The Balaban J connectivity index is 1.07. The van der Waals surface area contributed by atoms with Crippen molar-refractivity contribution in [2.75, 3.05) is 20.2 Å². The molecule has 2 aromatic carbocycles. The number of hydrogen-bond donors (Lipinski definition) is 1. The van der Waals surface area contributed by atoms with Crippen LogP contribution in [0.2, 0.25) is 0 Å². The molecule has 0 radical (unpaired) electrons. The van der Waals surface area contributed by atoms with Crippen molar-refractivity contribution in [2.24, 2.45) is 0 Å². The first-order valence-corrected chi connectivity index (χ1v) is 13.5. The van der Waals surface area contributed by atoms with E-state index >= 15 is 0 Å². The first-order chi connectivity index (χ1) is 18.1. The molecular weight excluding hydrogens is 484 g/mol. The number of aromatic nitrogens is 2. The van der Waals surface area contributed by atoms with Gasteiger partial charge in [-0.15, -0.1) is 11.3 Å². The SMILES string of the molecule is COc1cc(C(=O)N2CCC(c3nc(C(=O)NC4Cc5ccccc5C4)cs3)CC2)nc2ccccc12. The lowest BCUT2D eigenvalue weighted by molar-refractivity contribution is 0.0707. The second kappa shape index (κ2) is 9.94. The number of nitrogens with one attached hydrogen (secondary N) is 1.